The van der Waals surface area contributed by atoms with E-state index in [2.05, 4.69) is 0 Å². The first kappa shape index (κ1) is 11.9. The number of hydrogen-bond acceptors (Lipinski definition) is 3. The Morgan fingerprint density at radius 3 is 2.53 bits per heavy atom. The third kappa shape index (κ3) is 2.65. The van der Waals surface area contributed by atoms with Crippen LogP contribution in [0, 0.1) is 0 Å². The summed E-state index contributed by atoms with van der Waals surface area (Å²) in [6.07, 6.45) is 1.02. The molecule has 0 atom stereocenters. The monoisotopic (exact) mass is 226 g/mol. The predicted molar refractivity (Wildman–Crippen MR) is 58.5 cm³/mol. The molecule has 15 heavy (non-hydrogen) atoms. The van der Waals surface area contributed by atoms with Crippen LogP contribution in [0.15, 0.2) is 29.2 Å². The predicted octanol–water partition coefficient (Wildman–Crippen LogP) is 1.61. The summed E-state index contributed by atoms with van der Waals surface area (Å²) >= 11 is 0. The van der Waals surface area contributed by atoms with Crippen molar-refractivity contribution in [3.05, 3.63) is 29.8 Å². The normalized spacial score (nSPS) is 11.7. The fourth-order valence-electron chi connectivity index (χ4n) is 1.22. The van der Waals surface area contributed by atoms with Crippen LogP contribution in [0.4, 0.5) is 0 Å². The molecular weight excluding hydrogens is 212 g/mol. The maximum atomic E-state index is 11.8. The van der Waals surface area contributed by atoms with Crippen molar-refractivity contribution in [2.45, 2.75) is 30.4 Å². The summed E-state index contributed by atoms with van der Waals surface area (Å²) < 4.78 is 23.6. The number of hydrogen-bond donors (Lipinski definition) is 0. The minimum atomic E-state index is -3.23. The highest BCUT2D eigenvalue weighted by Gasteiger charge is 2.18. The van der Waals surface area contributed by atoms with Crippen LogP contribution in [0.3, 0.4) is 0 Å². The van der Waals surface area contributed by atoms with Gasteiger partial charge in [0.2, 0.25) is 0 Å². The first-order valence-corrected chi connectivity index (χ1v) is 6.29. The Morgan fingerprint density at radius 1 is 1.33 bits per heavy atom. The lowest BCUT2D eigenvalue weighted by Gasteiger charge is -2.08. The molecule has 0 fully saturated rings. The van der Waals surface area contributed by atoms with Gasteiger partial charge in [-0.15, -0.1) is 0 Å². The molecule has 82 valence electrons. The van der Waals surface area contributed by atoms with Crippen molar-refractivity contribution in [1.82, 2.24) is 0 Å². The van der Waals surface area contributed by atoms with E-state index >= 15 is 0 Å². The molecule has 0 aliphatic heterocycles. The Labute approximate surface area is 90.0 Å². The van der Waals surface area contributed by atoms with E-state index in [-0.39, 0.29) is 11.3 Å². The van der Waals surface area contributed by atoms with E-state index in [1.54, 1.807) is 38.1 Å². The van der Waals surface area contributed by atoms with Crippen molar-refractivity contribution in [1.29, 1.82) is 0 Å². The van der Waals surface area contributed by atoms with Gasteiger partial charge in [-0.2, -0.15) is 0 Å². The standard InChI is InChI=1S/C11H14O3S/c1-9(2)15(13,14)11-5-3-4-10(8-11)6-7-12/h3-5,7-9H,6H2,1-2H3. The maximum absolute atomic E-state index is 11.8. The average Bonchev–Trinajstić information content (AvgIpc) is 2.18. The highest BCUT2D eigenvalue weighted by molar-refractivity contribution is 7.92. The zero-order valence-electron chi connectivity index (χ0n) is 8.80. The zero-order chi connectivity index (χ0) is 11.5. The van der Waals surface area contributed by atoms with Crippen LogP contribution < -0.4 is 0 Å². The SMILES string of the molecule is CC(C)S(=O)(=O)c1cccc(CC=O)c1. The molecule has 0 bridgehead atoms. The van der Waals surface area contributed by atoms with Crippen LogP contribution in [-0.2, 0) is 21.1 Å². The van der Waals surface area contributed by atoms with Gasteiger partial charge in [0.05, 0.1) is 10.1 Å². The lowest BCUT2D eigenvalue weighted by Crippen LogP contribution is -2.14. The molecule has 1 rings (SSSR count). The van der Waals surface area contributed by atoms with Gasteiger partial charge in [-0.05, 0) is 31.5 Å². The molecule has 0 spiro atoms. The lowest BCUT2D eigenvalue weighted by atomic mass is 10.2. The zero-order valence-corrected chi connectivity index (χ0v) is 9.62. The number of rotatable bonds is 4. The summed E-state index contributed by atoms with van der Waals surface area (Å²) in [5.41, 5.74) is 0.728. The Bertz CT molecular complexity index is 447. The van der Waals surface area contributed by atoms with Gasteiger partial charge in [0.15, 0.2) is 9.84 Å². The molecule has 0 N–H and O–H groups in total. The summed E-state index contributed by atoms with van der Waals surface area (Å²) in [5, 5.41) is -0.441. The van der Waals surface area contributed by atoms with E-state index in [1.165, 1.54) is 0 Å². The first-order chi connectivity index (χ1) is 6.98. The average molecular weight is 226 g/mol. The van der Waals surface area contributed by atoms with Gasteiger partial charge in [0.1, 0.15) is 6.29 Å². The highest BCUT2D eigenvalue weighted by Crippen LogP contribution is 2.17. The van der Waals surface area contributed by atoms with E-state index in [1.807, 2.05) is 0 Å². The van der Waals surface area contributed by atoms with Crippen LogP contribution in [0.2, 0.25) is 0 Å². The van der Waals surface area contributed by atoms with Gasteiger partial charge in [-0.3, -0.25) is 0 Å². The first-order valence-electron chi connectivity index (χ1n) is 4.75. The molecular formula is C11H14O3S. The van der Waals surface area contributed by atoms with Crippen molar-refractivity contribution < 1.29 is 13.2 Å². The number of sulfone groups is 1. The van der Waals surface area contributed by atoms with Gasteiger partial charge >= 0.3 is 0 Å². The van der Waals surface area contributed by atoms with Crippen LogP contribution in [0.25, 0.3) is 0 Å². The van der Waals surface area contributed by atoms with Gasteiger partial charge in [-0.1, -0.05) is 12.1 Å². The Kier molecular flexibility index (Phi) is 3.63. The fourth-order valence-corrected chi connectivity index (χ4v) is 2.35. The minimum absolute atomic E-state index is 0.251. The van der Waals surface area contributed by atoms with Crippen LogP contribution >= 0.6 is 0 Å². The molecule has 4 heteroatoms. The van der Waals surface area contributed by atoms with E-state index in [9.17, 15) is 13.2 Å². The molecule has 0 aliphatic carbocycles. The van der Waals surface area contributed by atoms with E-state index in [0.717, 1.165) is 11.8 Å². The molecule has 0 radical (unpaired) electrons. The second kappa shape index (κ2) is 4.57. The van der Waals surface area contributed by atoms with Crippen LogP contribution in [0.5, 0.6) is 0 Å². The molecule has 3 nitrogen and oxygen atoms in total. The topological polar surface area (TPSA) is 51.2 Å². The number of carbonyl (C=O) groups excluding carboxylic acids is 1. The molecule has 1 aromatic rings. The van der Waals surface area contributed by atoms with E-state index < -0.39 is 15.1 Å². The van der Waals surface area contributed by atoms with Crippen molar-refractivity contribution in [2.24, 2.45) is 0 Å². The van der Waals surface area contributed by atoms with Crippen LogP contribution in [0.1, 0.15) is 19.4 Å². The Balaban J connectivity index is 3.16. The third-order valence-corrected chi connectivity index (χ3v) is 4.32. The van der Waals surface area contributed by atoms with Gasteiger partial charge in [0.25, 0.3) is 0 Å². The second-order valence-corrected chi connectivity index (χ2v) is 6.12. The van der Waals surface area contributed by atoms with E-state index in [4.69, 9.17) is 0 Å². The fraction of sp³-hybridized carbons (Fsp3) is 0.364. The maximum Gasteiger partial charge on any atom is 0.180 e. The largest absolute Gasteiger partial charge is 0.303 e. The van der Waals surface area contributed by atoms with Crippen molar-refractivity contribution >= 4 is 16.1 Å². The second-order valence-electron chi connectivity index (χ2n) is 3.61. The summed E-state index contributed by atoms with van der Waals surface area (Å²) in [6.45, 7) is 3.28. The summed E-state index contributed by atoms with van der Waals surface area (Å²) in [5.74, 6) is 0. The third-order valence-electron chi connectivity index (χ3n) is 2.17. The molecule has 0 aromatic heterocycles. The van der Waals surface area contributed by atoms with Crippen molar-refractivity contribution in [2.75, 3.05) is 0 Å². The Morgan fingerprint density at radius 2 is 2.00 bits per heavy atom. The van der Waals surface area contributed by atoms with Gasteiger partial charge in [-0.25, -0.2) is 8.42 Å². The summed E-state index contributed by atoms with van der Waals surface area (Å²) in [7, 11) is -3.23. The number of benzene rings is 1. The highest BCUT2D eigenvalue weighted by atomic mass is 32.2. The van der Waals surface area contributed by atoms with E-state index in [0.29, 0.717) is 0 Å². The lowest BCUT2D eigenvalue weighted by molar-refractivity contribution is -0.107. The molecule has 0 saturated heterocycles. The molecule has 0 saturated carbocycles. The quantitative estimate of drug-likeness (QED) is 0.733. The number of aldehydes is 1. The molecule has 0 unspecified atom stereocenters. The molecule has 1 aromatic carbocycles. The van der Waals surface area contributed by atoms with Crippen LogP contribution in [-0.4, -0.2) is 20.0 Å². The van der Waals surface area contributed by atoms with Crippen molar-refractivity contribution in [3.63, 3.8) is 0 Å². The molecule has 0 aliphatic rings. The minimum Gasteiger partial charge on any atom is -0.303 e. The smallest absolute Gasteiger partial charge is 0.180 e. The molecule has 0 heterocycles. The van der Waals surface area contributed by atoms with Gasteiger partial charge in [0, 0.05) is 6.42 Å². The van der Waals surface area contributed by atoms with Gasteiger partial charge < -0.3 is 4.79 Å². The summed E-state index contributed by atoms with van der Waals surface area (Å²) in [6, 6.07) is 6.52. The number of carbonyl (C=O) groups is 1. The molecule has 0 amide bonds. The Hall–Kier alpha value is -1.16. The van der Waals surface area contributed by atoms with Crippen molar-refractivity contribution in [3.8, 4) is 0 Å². The summed E-state index contributed by atoms with van der Waals surface area (Å²) in [4.78, 5) is 10.6.